The van der Waals surface area contributed by atoms with Crippen molar-refractivity contribution >= 4 is 85.9 Å². The van der Waals surface area contributed by atoms with E-state index in [9.17, 15) is 0 Å². The summed E-state index contributed by atoms with van der Waals surface area (Å²) in [6.07, 6.45) is 0. The minimum absolute atomic E-state index is 1.17. The highest BCUT2D eigenvalue weighted by atomic mass is 32.1. The Labute approximate surface area is 286 Å². The number of nitrogens with zero attached hydrogens (tertiary/aromatic N) is 2. The second-order valence-corrected chi connectivity index (χ2v) is 14.0. The van der Waals surface area contributed by atoms with E-state index in [2.05, 4.69) is 179 Å². The second-order valence-electron chi connectivity index (χ2n) is 12.9. The van der Waals surface area contributed by atoms with Gasteiger partial charge in [0.15, 0.2) is 0 Å². The smallest absolute Gasteiger partial charge is 0.0547 e. The number of fused-ring (bicyclic) bond motifs is 11. The van der Waals surface area contributed by atoms with Gasteiger partial charge in [0, 0.05) is 53.1 Å². The maximum Gasteiger partial charge on any atom is 0.0547 e. The zero-order valence-electron chi connectivity index (χ0n) is 26.5. The molecule has 3 heteroatoms. The Bertz CT molecular complexity index is 3100. The molecule has 3 heterocycles. The quantitative estimate of drug-likeness (QED) is 0.182. The van der Waals surface area contributed by atoms with Crippen LogP contribution in [0.4, 0.5) is 0 Å². The summed E-state index contributed by atoms with van der Waals surface area (Å²) in [5.74, 6) is 0. The van der Waals surface area contributed by atoms with Crippen LogP contribution in [0, 0.1) is 0 Å². The lowest BCUT2D eigenvalue weighted by Crippen LogP contribution is -1.93. The molecule has 0 saturated carbocycles. The molecule has 0 aliphatic carbocycles. The third-order valence-electron chi connectivity index (χ3n) is 10.3. The molecule has 0 spiro atoms. The fourth-order valence-electron chi connectivity index (χ4n) is 8.11. The van der Waals surface area contributed by atoms with E-state index in [-0.39, 0.29) is 0 Å². The number of hydrogen-bond acceptors (Lipinski definition) is 1. The fourth-order valence-corrected chi connectivity index (χ4v) is 9.20. The van der Waals surface area contributed by atoms with Crippen molar-refractivity contribution in [2.45, 2.75) is 0 Å². The summed E-state index contributed by atoms with van der Waals surface area (Å²) in [5.41, 5.74) is 9.69. The lowest BCUT2D eigenvalue weighted by Gasteiger charge is -2.10. The first-order chi connectivity index (χ1) is 24.3. The first-order valence-corrected chi connectivity index (χ1v) is 17.6. The van der Waals surface area contributed by atoms with Gasteiger partial charge in [0.1, 0.15) is 0 Å². The van der Waals surface area contributed by atoms with Crippen LogP contribution in [0.1, 0.15) is 0 Å². The molecule has 0 N–H and O–H groups in total. The zero-order valence-corrected chi connectivity index (χ0v) is 27.3. The molecule has 0 bridgehead atoms. The van der Waals surface area contributed by atoms with E-state index in [0.29, 0.717) is 0 Å². The van der Waals surface area contributed by atoms with Crippen molar-refractivity contribution in [2.24, 2.45) is 0 Å². The molecule has 0 unspecified atom stereocenters. The van der Waals surface area contributed by atoms with Crippen molar-refractivity contribution in [1.82, 2.24) is 9.13 Å². The Morgan fingerprint density at radius 3 is 1.80 bits per heavy atom. The Morgan fingerprint density at radius 2 is 0.939 bits per heavy atom. The van der Waals surface area contributed by atoms with Gasteiger partial charge < -0.3 is 9.13 Å². The summed E-state index contributed by atoms with van der Waals surface area (Å²) in [6.45, 7) is 0. The molecule has 228 valence electrons. The maximum absolute atomic E-state index is 2.43. The fraction of sp³-hybridized carbons (Fsp3) is 0. The van der Waals surface area contributed by atoms with Gasteiger partial charge in [-0.25, -0.2) is 0 Å². The normalized spacial score (nSPS) is 12.1. The van der Waals surface area contributed by atoms with Crippen LogP contribution in [0.25, 0.3) is 97.1 Å². The third-order valence-corrected chi connectivity index (χ3v) is 11.4. The van der Waals surface area contributed by atoms with Gasteiger partial charge in [-0.15, -0.1) is 11.3 Å². The highest BCUT2D eigenvalue weighted by Crippen LogP contribution is 2.41. The molecular weight excluding hydrogens is 613 g/mol. The molecule has 8 aromatic carbocycles. The first-order valence-electron chi connectivity index (χ1n) is 16.8. The van der Waals surface area contributed by atoms with E-state index < -0.39 is 0 Å². The third kappa shape index (κ3) is 3.88. The largest absolute Gasteiger partial charge is 0.309 e. The second kappa shape index (κ2) is 10.2. The number of hydrogen-bond donors (Lipinski definition) is 0. The summed E-state index contributed by atoms with van der Waals surface area (Å²) in [6, 6.07) is 62.5. The van der Waals surface area contributed by atoms with Crippen molar-refractivity contribution in [3.05, 3.63) is 170 Å². The van der Waals surface area contributed by atoms with E-state index in [0.717, 1.165) is 0 Å². The van der Waals surface area contributed by atoms with Crippen molar-refractivity contribution in [2.75, 3.05) is 0 Å². The maximum atomic E-state index is 2.43. The van der Waals surface area contributed by atoms with E-state index in [1.165, 1.54) is 97.1 Å². The van der Waals surface area contributed by atoms with Crippen LogP contribution in [-0.4, -0.2) is 9.13 Å². The SMILES string of the molecule is c1ccc(-n2c3ccc(-c4ccc5c(c4)c4ccccc4n5-c4ccc5sc6ccccc6c5c4)cc3c3c4ccccc4ccc32)cc1. The molecule has 0 aliphatic rings. The predicted octanol–water partition coefficient (Wildman–Crippen LogP) is 13.1. The number of rotatable bonds is 3. The number of aromatic nitrogens is 2. The van der Waals surface area contributed by atoms with Crippen LogP contribution in [0.15, 0.2) is 170 Å². The molecule has 0 saturated heterocycles. The van der Waals surface area contributed by atoms with Crippen molar-refractivity contribution in [3.63, 3.8) is 0 Å². The molecule has 0 atom stereocenters. The summed E-state index contributed by atoms with van der Waals surface area (Å²) < 4.78 is 7.50. The van der Waals surface area contributed by atoms with Gasteiger partial charge in [0.25, 0.3) is 0 Å². The lowest BCUT2D eigenvalue weighted by atomic mass is 9.99. The van der Waals surface area contributed by atoms with E-state index >= 15 is 0 Å². The van der Waals surface area contributed by atoms with Crippen molar-refractivity contribution in [1.29, 1.82) is 0 Å². The van der Waals surface area contributed by atoms with E-state index in [1.807, 2.05) is 11.3 Å². The highest BCUT2D eigenvalue weighted by molar-refractivity contribution is 7.25. The zero-order chi connectivity index (χ0) is 32.1. The molecule has 11 aromatic rings. The van der Waals surface area contributed by atoms with Crippen LogP contribution in [0.2, 0.25) is 0 Å². The number of thiophene rings is 1. The topological polar surface area (TPSA) is 9.86 Å². The summed E-state index contributed by atoms with van der Waals surface area (Å²) in [5, 5.41) is 10.3. The molecule has 11 rings (SSSR count). The van der Waals surface area contributed by atoms with E-state index in [1.54, 1.807) is 0 Å². The van der Waals surface area contributed by atoms with Crippen molar-refractivity contribution < 1.29 is 0 Å². The van der Waals surface area contributed by atoms with Crippen LogP contribution >= 0.6 is 11.3 Å². The minimum atomic E-state index is 1.17. The van der Waals surface area contributed by atoms with Gasteiger partial charge in [-0.2, -0.15) is 0 Å². The van der Waals surface area contributed by atoms with Crippen LogP contribution < -0.4 is 0 Å². The van der Waals surface area contributed by atoms with Crippen LogP contribution in [0.5, 0.6) is 0 Å². The lowest BCUT2D eigenvalue weighted by molar-refractivity contribution is 1.18. The molecule has 3 aromatic heterocycles. The summed E-state index contributed by atoms with van der Waals surface area (Å²) in [4.78, 5) is 0. The molecule has 2 nitrogen and oxygen atoms in total. The highest BCUT2D eigenvalue weighted by Gasteiger charge is 2.18. The number of benzene rings is 8. The average molecular weight is 641 g/mol. The Morgan fingerprint density at radius 1 is 0.327 bits per heavy atom. The Balaban J connectivity index is 1.14. The number of para-hydroxylation sites is 2. The van der Waals surface area contributed by atoms with Gasteiger partial charge in [0.2, 0.25) is 0 Å². The first kappa shape index (κ1) is 26.9. The van der Waals surface area contributed by atoms with Crippen molar-refractivity contribution in [3.8, 4) is 22.5 Å². The molecule has 0 radical (unpaired) electrons. The van der Waals surface area contributed by atoms with Gasteiger partial charge in [-0.05, 0) is 94.7 Å². The minimum Gasteiger partial charge on any atom is -0.309 e. The average Bonchev–Trinajstić information content (AvgIpc) is 3.82. The van der Waals surface area contributed by atoms with Gasteiger partial charge in [0.05, 0.1) is 22.1 Å². The van der Waals surface area contributed by atoms with Crippen LogP contribution in [-0.2, 0) is 0 Å². The van der Waals surface area contributed by atoms with Crippen LogP contribution in [0.3, 0.4) is 0 Å². The Hall–Kier alpha value is -6.16. The molecule has 49 heavy (non-hydrogen) atoms. The standard InChI is InChI=1S/C46H28N2S/c1-2-11-32(12-3-1)47-42-23-20-31(27-39(42)46-34-13-5-4-10-29(34)18-24-43(46)47)30-19-22-41-37(26-30)35-14-6-8-16-40(35)48(41)33-21-25-45-38(28-33)36-15-7-9-17-44(36)49-45/h1-28H. The van der Waals surface area contributed by atoms with Gasteiger partial charge in [-0.3, -0.25) is 0 Å². The van der Waals surface area contributed by atoms with Gasteiger partial charge >= 0.3 is 0 Å². The monoisotopic (exact) mass is 640 g/mol. The molecule has 0 aliphatic heterocycles. The van der Waals surface area contributed by atoms with Gasteiger partial charge in [-0.1, -0.05) is 97.1 Å². The molecule has 0 amide bonds. The van der Waals surface area contributed by atoms with E-state index in [4.69, 9.17) is 0 Å². The summed E-state index contributed by atoms with van der Waals surface area (Å²) >= 11 is 1.87. The Kier molecular flexibility index (Phi) is 5.57. The predicted molar refractivity (Wildman–Crippen MR) is 211 cm³/mol. The molecular formula is C46H28N2S. The molecule has 0 fully saturated rings. The summed E-state index contributed by atoms with van der Waals surface area (Å²) in [7, 11) is 0.